The van der Waals surface area contributed by atoms with Crippen LogP contribution in [0.5, 0.6) is 11.5 Å². The third-order valence-electron chi connectivity index (χ3n) is 4.88. The molecule has 2 aliphatic rings. The summed E-state index contributed by atoms with van der Waals surface area (Å²) in [6, 6.07) is 14.1. The molecular weight excluding hydrogens is 338 g/mol. The number of ether oxygens (including phenoxy) is 2. The van der Waals surface area contributed by atoms with Crippen molar-refractivity contribution in [2.45, 2.75) is 19.4 Å². The number of nitrogens with one attached hydrogen (secondary N) is 1. The van der Waals surface area contributed by atoms with E-state index in [4.69, 9.17) is 9.47 Å². The maximum atomic E-state index is 12.5. The first kappa shape index (κ1) is 17.8. The van der Waals surface area contributed by atoms with E-state index in [0.717, 1.165) is 37.4 Å². The van der Waals surface area contributed by atoms with Gasteiger partial charge < -0.3 is 26.8 Å². The zero-order valence-electron chi connectivity index (χ0n) is 14.1. The maximum Gasteiger partial charge on any atom is 0.168 e. The number of carbonyl (C=O) groups is 1. The van der Waals surface area contributed by atoms with Crippen LogP contribution in [-0.4, -0.2) is 32.1 Å². The molecular formula is C20H22ClNO3. The Morgan fingerprint density at radius 1 is 1.00 bits per heavy atom. The Morgan fingerprint density at radius 3 is 2.60 bits per heavy atom. The quantitative estimate of drug-likeness (QED) is 0.688. The average molecular weight is 360 g/mol. The van der Waals surface area contributed by atoms with Crippen molar-refractivity contribution < 1.29 is 31.6 Å². The molecule has 0 spiro atoms. The summed E-state index contributed by atoms with van der Waals surface area (Å²) in [5, 5.41) is 0. The lowest BCUT2D eigenvalue weighted by atomic mass is 9.99. The molecule has 0 aromatic heterocycles. The lowest BCUT2D eigenvalue weighted by Gasteiger charge is -2.25. The van der Waals surface area contributed by atoms with Crippen molar-refractivity contribution in [3.63, 3.8) is 0 Å². The summed E-state index contributed by atoms with van der Waals surface area (Å²) in [5.74, 6) is 1.60. The highest BCUT2D eigenvalue weighted by Gasteiger charge is 2.21. The van der Waals surface area contributed by atoms with Gasteiger partial charge in [-0.15, -0.1) is 0 Å². The second kappa shape index (κ2) is 7.89. The number of carbonyl (C=O) groups excluding carboxylic acids is 1. The molecule has 0 saturated heterocycles. The summed E-state index contributed by atoms with van der Waals surface area (Å²) < 4.78 is 11.1. The van der Waals surface area contributed by atoms with E-state index in [1.54, 1.807) is 0 Å². The third-order valence-corrected chi connectivity index (χ3v) is 4.88. The molecule has 0 amide bonds. The molecule has 2 aromatic rings. The van der Waals surface area contributed by atoms with Crippen molar-refractivity contribution in [3.8, 4) is 11.5 Å². The standard InChI is InChI=1S/C20H21NO3.ClH/c22-18(16-5-6-19-20(13-16)24-12-11-23-19)8-10-21-9-7-15-3-1-2-4-17(15)14-21;/h1-6,13H,7-12,14H2;1H. The van der Waals surface area contributed by atoms with Gasteiger partial charge >= 0.3 is 0 Å². The van der Waals surface area contributed by atoms with Gasteiger partial charge in [-0.3, -0.25) is 4.79 Å². The van der Waals surface area contributed by atoms with Gasteiger partial charge in [-0.05, 0) is 23.8 Å². The Morgan fingerprint density at radius 2 is 1.76 bits per heavy atom. The van der Waals surface area contributed by atoms with Crippen LogP contribution in [0.15, 0.2) is 42.5 Å². The Labute approximate surface area is 154 Å². The van der Waals surface area contributed by atoms with Crippen molar-refractivity contribution in [1.29, 1.82) is 0 Å². The van der Waals surface area contributed by atoms with E-state index in [2.05, 4.69) is 24.3 Å². The Hall–Kier alpha value is -2.04. The number of halogens is 1. The third kappa shape index (κ3) is 3.97. The SMILES string of the molecule is O=C(CC[NH+]1CCc2ccccc2C1)c1ccc2c(c1)OCCO2.[Cl-]. The molecule has 5 heteroatoms. The molecule has 1 unspecified atom stereocenters. The summed E-state index contributed by atoms with van der Waals surface area (Å²) in [6.07, 6.45) is 1.67. The van der Waals surface area contributed by atoms with Crippen LogP contribution in [0, 0.1) is 0 Å². The molecule has 4 nitrogen and oxygen atoms in total. The summed E-state index contributed by atoms with van der Waals surface area (Å²) in [6.45, 7) is 4.11. The molecule has 0 radical (unpaired) electrons. The highest BCUT2D eigenvalue weighted by Crippen LogP contribution is 2.31. The highest BCUT2D eigenvalue weighted by atomic mass is 35.5. The molecule has 4 rings (SSSR count). The second-order valence-corrected chi connectivity index (χ2v) is 6.48. The predicted octanol–water partition coefficient (Wildman–Crippen LogP) is -1.32. The van der Waals surface area contributed by atoms with Crippen LogP contribution < -0.4 is 26.8 Å². The van der Waals surface area contributed by atoms with Gasteiger partial charge in [0.1, 0.15) is 19.8 Å². The monoisotopic (exact) mass is 359 g/mol. The molecule has 0 bridgehead atoms. The maximum absolute atomic E-state index is 12.5. The number of quaternary nitrogens is 1. The number of hydrogen-bond donors (Lipinski definition) is 1. The van der Waals surface area contributed by atoms with Crippen molar-refractivity contribution in [2.24, 2.45) is 0 Å². The summed E-state index contributed by atoms with van der Waals surface area (Å²) in [5.41, 5.74) is 3.60. The van der Waals surface area contributed by atoms with Gasteiger partial charge in [-0.25, -0.2) is 0 Å². The summed E-state index contributed by atoms with van der Waals surface area (Å²) in [7, 11) is 0. The normalized spacial score (nSPS) is 18.0. The van der Waals surface area contributed by atoms with E-state index in [-0.39, 0.29) is 18.2 Å². The predicted molar refractivity (Wildman–Crippen MR) is 90.9 cm³/mol. The number of fused-ring (bicyclic) bond motifs is 2. The molecule has 0 saturated carbocycles. The smallest absolute Gasteiger partial charge is 0.168 e. The highest BCUT2D eigenvalue weighted by molar-refractivity contribution is 5.96. The summed E-state index contributed by atoms with van der Waals surface area (Å²) in [4.78, 5) is 14.0. The lowest BCUT2D eigenvalue weighted by molar-refractivity contribution is -0.915. The van der Waals surface area contributed by atoms with Crippen molar-refractivity contribution in [2.75, 3.05) is 26.3 Å². The molecule has 2 aromatic carbocycles. The molecule has 2 aliphatic heterocycles. The number of rotatable bonds is 4. The molecule has 0 fully saturated rings. The number of benzene rings is 2. The Bertz CT molecular complexity index is 762. The first-order valence-electron chi connectivity index (χ1n) is 8.63. The van der Waals surface area contributed by atoms with Crippen LogP contribution in [0.2, 0.25) is 0 Å². The minimum Gasteiger partial charge on any atom is -1.00 e. The Kier molecular flexibility index (Phi) is 5.61. The fraction of sp³-hybridized carbons (Fsp3) is 0.350. The zero-order chi connectivity index (χ0) is 16.4. The molecule has 0 aliphatic carbocycles. The van der Waals surface area contributed by atoms with Crippen LogP contribution in [0.1, 0.15) is 27.9 Å². The number of hydrogen-bond acceptors (Lipinski definition) is 3. The van der Waals surface area contributed by atoms with Crippen LogP contribution >= 0.6 is 0 Å². The van der Waals surface area contributed by atoms with Gasteiger partial charge in [0.15, 0.2) is 17.3 Å². The van der Waals surface area contributed by atoms with Crippen LogP contribution in [0.25, 0.3) is 0 Å². The topological polar surface area (TPSA) is 40.0 Å². The largest absolute Gasteiger partial charge is 1.00 e. The van der Waals surface area contributed by atoms with Crippen molar-refractivity contribution in [3.05, 3.63) is 59.2 Å². The Balaban J connectivity index is 0.00000182. The van der Waals surface area contributed by atoms with Crippen LogP contribution in [0.3, 0.4) is 0 Å². The first-order chi connectivity index (χ1) is 11.8. The van der Waals surface area contributed by atoms with Gasteiger partial charge in [-0.2, -0.15) is 0 Å². The second-order valence-electron chi connectivity index (χ2n) is 6.48. The summed E-state index contributed by atoms with van der Waals surface area (Å²) >= 11 is 0. The van der Waals surface area contributed by atoms with E-state index in [1.165, 1.54) is 16.0 Å². The van der Waals surface area contributed by atoms with E-state index in [1.807, 2.05) is 18.2 Å². The molecule has 1 atom stereocenters. The first-order valence-corrected chi connectivity index (χ1v) is 8.63. The minimum atomic E-state index is 0. The van der Waals surface area contributed by atoms with Gasteiger partial charge in [0.25, 0.3) is 0 Å². The molecule has 2 heterocycles. The number of Topliss-reactive ketones (excluding diaryl/α,β-unsaturated/α-hetero) is 1. The van der Waals surface area contributed by atoms with Crippen LogP contribution in [-0.2, 0) is 13.0 Å². The average Bonchev–Trinajstić information content (AvgIpc) is 2.65. The number of ketones is 1. The molecule has 1 N–H and O–H groups in total. The fourth-order valence-electron chi connectivity index (χ4n) is 3.51. The van der Waals surface area contributed by atoms with Gasteiger partial charge in [0.05, 0.1) is 19.5 Å². The molecule has 132 valence electrons. The van der Waals surface area contributed by atoms with E-state index >= 15 is 0 Å². The van der Waals surface area contributed by atoms with Crippen molar-refractivity contribution in [1.82, 2.24) is 0 Å². The minimum absolute atomic E-state index is 0. The zero-order valence-corrected chi connectivity index (χ0v) is 14.8. The van der Waals surface area contributed by atoms with Crippen LogP contribution in [0.4, 0.5) is 0 Å². The lowest BCUT2D eigenvalue weighted by Crippen LogP contribution is -3.11. The van der Waals surface area contributed by atoms with E-state index in [0.29, 0.717) is 25.4 Å². The van der Waals surface area contributed by atoms with Gasteiger partial charge in [0, 0.05) is 17.5 Å². The van der Waals surface area contributed by atoms with E-state index in [9.17, 15) is 4.79 Å². The van der Waals surface area contributed by atoms with E-state index < -0.39 is 0 Å². The van der Waals surface area contributed by atoms with Gasteiger partial charge in [0.2, 0.25) is 0 Å². The fourth-order valence-corrected chi connectivity index (χ4v) is 3.51. The van der Waals surface area contributed by atoms with Gasteiger partial charge in [-0.1, -0.05) is 24.3 Å². The van der Waals surface area contributed by atoms with Crippen molar-refractivity contribution >= 4 is 5.78 Å². The molecule has 25 heavy (non-hydrogen) atoms.